The minimum Gasteiger partial charge on any atom is -0.481 e. The predicted octanol–water partition coefficient (Wildman–Crippen LogP) is 3.34. The van der Waals surface area contributed by atoms with Crippen LogP contribution in [0.5, 0.6) is 5.75 Å². The van der Waals surface area contributed by atoms with Crippen molar-refractivity contribution in [2.45, 2.75) is 13.0 Å². The molecule has 1 unspecified atom stereocenters. The number of hydrogen-bond donors (Lipinski definition) is 2. The maximum atomic E-state index is 12.4. The van der Waals surface area contributed by atoms with E-state index in [4.69, 9.17) is 27.9 Å². The molecule has 0 aliphatic carbocycles. The summed E-state index contributed by atoms with van der Waals surface area (Å²) in [7, 11) is 0. The van der Waals surface area contributed by atoms with Crippen LogP contribution in [0.4, 0.5) is 11.4 Å². The number of halogens is 2. The van der Waals surface area contributed by atoms with E-state index in [9.17, 15) is 9.59 Å². The van der Waals surface area contributed by atoms with Gasteiger partial charge < -0.3 is 20.3 Å². The summed E-state index contributed by atoms with van der Waals surface area (Å²) in [6.45, 7) is 3.18. The number of benzene rings is 2. The molecule has 0 aromatic heterocycles. The summed E-state index contributed by atoms with van der Waals surface area (Å²) in [5, 5.41) is 6.62. The Kier molecular flexibility index (Phi) is 6.08. The average Bonchev–Trinajstić information content (AvgIpc) is 2.63. The van der Waals surface area contributed by atoms with Gasteiger partial charge in [-0.15, -0.1) is 0 Å². The zero-order valence-electron chi connectivity index (χ0n) is 14.7. The number of hydrogen-bond acceptors (Lipinski definition) is 4. The van der Waals surface area contributed by atoms with E-state index in [-0.39, 0.29) is 18.4 Å². The Labute approximate surface area is 167 Å². The molecule has 1 fully saturated rings. The van der Waals surface area contributed by atoms with Crippen LogP contribution in [-0.2, 0) is 9.59 Å². The first-order valence-corrected chi connectivity index (χ1v) is 9.22. The summed E-state index contributed by atoms with van der Waals surface area (Å²) in [4.78, 5) is 25.8. The Balaban J connectivity index is 1.62. The van der Waals surface area contributed by atoms with Crippen molar-refractivity contribution < 1.29 is 14.3 Å². The van der Waals surface area contributed by atoms with Gasteiger partial charge in [0.05, 0.1) is 17.3 Å². The van der Waals surface area contributed by atoms with Crippen LogP contribution in [-0.4, -0.2) is 37.6 Å². The summed E-state index contributed by atoms with van der Waals surface area (Å²) >= 11 is 12.2. The molecule has 0 saturated carbocycles. The summed E-state index contributed by atoms with van der Waals surface area (Å²) in [6, 6.07) is 12.0. The lowest BCUT2D eigenvalue weighted by atomic mass is 10.2. The number of nitrogens with zero attached hydrogens (tertiary/aromatic N) is 1. The van der Waals surface area contributed by atoms with Crippen LogP contribution in [0.15, 0.2) is 42.5 Å². The van der Waals surface area contributed by atoms with Gasteiger partial charge in [-0.1, -0.05) is 23.2 Å². The molecule has 1 aliphatic heterocycles. The van der Waals surface area contributed by atoms with Crippen LogP contribution in [0.2, 0.25) is 10.0 Å². The smallest absolute Gasteiger partial charge is 0.265 e. The van der Waals surface area contributed by atoms with Gasteiger partial charge in [0.1, 0.15) is 5.75 Å². The predicted molar refractivity (Wildman–Crippen MR) is 107 cm³/mol. The lowest BCUT2D eigenvalue weighted by molar-refractivity contribution is -0.122. The third-order valence-corrected chi connectivity index (χ3v) is 4.64. The second-order valence-electron chi connectivity index (χ2n) is 6.14. The van der Waals surface area contributed by atoms with Crippen molar-refractivity contribution in [3.05, 3.63) is 52.5 Å². The first kappa shape index (κ1) is 19.3. The van der Waals surface area contributed by atoms with Crippen molar-refractivity contribution in [1.82, 2.24) is 5.32 Å². The molecule has 2 aromatic rings. The van der Waals surface area contributed by atoms with E-state index in [2.05, 4.69) is 10.6 Å². The van der Waals surface area contributed by atoms with E-state index in [0.717, 1.165) is 5.69 Å². The minimum absolute atomic E-state index is 0.0390. The van der Waals surface area contributed by atoms with Crippen molar-refractivity contribution in [1.29, 1.82) is 0 Å². The summed E-state index contributed by atoms with van der Waals surface area (Å²) in [5.74, 6) is 0.216. The summed E-state index contributed by atoms with van der Waals surface area (Å²) < 4.78 is 5.61. The number of carbonyl (C=O) groups is 2. The molecule has 1 atom stereocenters. The normalized spacial score (nSPS) is 15.1. The molecule has 142 valence electrons. The molecule has 27 heavy (non-hydrogen) atoms. The van der Waals surface area contributed by atoms with Crippen LogP contribution in [0.3, 0.4) is 0 Å². The SMILES string of the molecule is CC(Oc1ccc(Cl)cc1)C(=O)Nc1ccc(N2CCNC(=O)C2)c(Cl)c1. The van der Waals surface area contributed by atoms with Gasteiger partial charge in [-0.2, -0.15) is 0 Å². The van der Waals surface area contributed by atoms with Crippen molar-refractivity contribution in [3.8, 4) is 5.75 Å². The first-order valence-electron chi connectivity index (χ1n) is 8.46. The quantitative estimate of drug-likeness (QED) is 0.797. The average molecular weight is 408 g/mol. The number of piperazine rings is 1. The van der Waals surface area contributed by atoms with Gasteiger partial charge in [0.15, 0.2) is 6.10 Å². The number of anilines is 2. The fourth-order valence-electron chi connectivity index (χ4n) is 2.70. The Hall–Kier alpha value is -2.44. The molecule has 3 rings (SSSR count). The zero-order valence-corrected chi connectivity index (χ0v) is 16.2. The van der Waals surface area contributed by atoms with E-state index < -0.39 is 6.10 Å². The summed E-state index contributed by atoms with van der Waals surface area (Å²) in [5.41, 5.74) is 1.32. The van der Waals surface area contributed by atoms with Crippen molar-refractivity contribution >= 4 is 46.4 Å². The molecule has 1 heterocycles. The Morgan fingerprint density at radius 1 is 1.22 bits per heavy atom. The largest absolute Gasteiger partial charge is 0.481 e. The van der Waals surface area contributed by atoms with Gasteiger partial charge in [-0.25, -0.2) is 0 Å². The molecule has 1 aliphatic rings. The Morgan fingerprint density at radius 2 is 1.96 bits per heavy atom. The van der Waals surface area contributed by atoms with Gasteiger partial charge in [0.2, 0.25) is 5.91 Å². The zero-order chi connectivity index (χ0) is 19.4. The summed E-state index contributed by atoms with van der Waals surface area (Å²) in [6.07, 6.45) is -0.699. The molecule has 2 aromatic carbocycles. The highest BCUT2D eigenvalue weighted by molar-refractivity contribution is 6.33. The molecule has 1 saturated heterocycles. The molecule has 8 heteroatoms. The molecule has 6 nitrogen and oxygen atoms in total. The Morgan fingerprint density at radius 3 is 2.63 bits per heavy atom. The third kappa shape index (κ3) is 5.05. The highest BCUT2D eigenvalue weighted by atomic mass is 35.5. The van der Waals surface area contributed by atoms with E-state index in [1.807, 2.05) is 4.90 Å². The van der Waals surface area contributed by atoms with E-state index in [0.29, 0.717) is 34.6 Å². The van der Waals surface area contributed by atoms with Crippen LogP contribution in [0.25, 0.3) is 0 Å². The maximum Gasteiger partial charge on any atom is 0.265 e. The number of rotatable bonds is 5. The monoisotopic (exact) mass is 407 g/mol. The third-order valence-electron chi connectivity index (χ3n) is 4.09. The van der Waals surface area contributed by atoms with Crippen LogP contribution in [0.1, 0.15) is 6.92 Å². The number of carbonyl (C=O) groups excluding carboxylic acids is 2. The van der Waals surface area contributed by atoms with Gasteiger partial charge in [-0.05, 0) is 49.4 Å². The molecule has 2 amide bonds. The highest BCUT2D eigenvalue weighted by Crippen LogP contribution is 2.29. The van der Waals surface area contributed by atoms with E-state index in [1.165, 1.54) is 0 Å². The van der Waals surface area contributed by atoms with Gasteiger partial charge in [0, 0.05) is 23.8 Å². The van der Waals surface area contributed by atoms with E-state index >= 15 is 0 Å². The molecular weight excluding hydrogens is 389 g/mol. The molecule has 0 bridgehead atoms. The standard InChI is InChI=1S/C19H19Cl2N3O3/c1-12(27-15-5-2-13(20)3-6-15)19(26)23-14-4-7-17(16(21)10-14)24-9-8-22-18(25)11-24/h2-7,10,12H,8-9,11H2,1H3,(H,22,25)(H,23,26). The Bertz CT molecular complexity index is 843. The van der Waals surface area contributed by atoms with Crippen molar-refractivity contribution in [3.63, 3.8) is 0 Å². The molecule has 0 spiro atoms. The second kappa shape index (κ2) is 8.50. The topological polar surface area (TPSA) is 70.7 Å². The lowest BCUT2D eigenvalue weighted by Crippen LogP contribution is -2.47. The molecular formula is C19H19Cl2N3O3. The fraction of sp³-hybridized carbons (Fsp3) is 0.263. The number of amides is 2. The number of nitrogens with one attached hydrogen (secondary N) is 2. The van der Waals surface area contributed by atoms with Crippen LogP contribution in [0, 0.1) is 0 Å². The van der Waals surface area contributed by atoms with E-state index in [1.54, 1.807) is 49.4 Å². The van der Waals surface area contributed by atoms with Crippen molar-refractivity contribution in [2.24, 2.45) is 0 Å². The number of ether oxygens (including phenoxy) is 1. The second-order valence-corrected chi connectivity index (χ2v) is 6.98. The van der Waals surface area contributed by atoms with Gasteiger partial charge in [-0.3, -0.25) is 9.59 Å². The van der Waals surface area contributed by atoms with Gasteiger partial charge in [0.25, 0.3) is 5.91 Å². The first-order chi connectivity index (χ1) is 12.9. The van der Waals surface area contributed by atoms with Crippen LogP contribution < -0.4 is 20.3 Å². The lowest BCUT2D eigenvalue weighted by Gasteiger charge is -2.29. The molecule has 2 N–H and O–H groups in total. The maximum absolute atomic E-state index is 12.4. The highest BCUT2D eigenvalue weighted by Gasteiger charge is 2.20. The minimum atomic E-state index is -0.699. The van der Waals surface area contributed by atoms with Gasteiger partial charge >= 0.3 is 0 Å². The fourth-order valence-corrected chi connectivity index (χ4v) is 3.13. The van der Waals surface area contributed by atoms with Crippen LogP contribution >= 0.6 is 23.2 Å². The van der Waals surface area contributed by atoms with Crippen molar-refractivity contribution in [2.75, 3.05) is 29.9 Å². The molecule has 0 radical (unpaired) electrons.